The molecule has 2 nitrogen and oxygen atoms in total. The highest BCUT2D eigenvalue weighted by atomic mass is 32.1. The molecule has 1 aromatic heterocycles. The molecule has 0 bridgehead atoms. The number of fused-ring (bicyclic) bond motifs is 1. The molecule has 0 amide bonds. The molecule has 2 rings (SSSR count). The minimum Gasteiger partial charge on any atom is -0.324 e. The third kappa shape index (κ3) is 1.35. The lowest BCUT2D eigenvalue weighted by Crippen LogP contribution is -2.14. The molecule has 72 valence electrons. The van der Waals surface area contributed by atoms with Crippen LogP contribution >= 0.6 is 11.3 Å². The first-order valence-electron chi connectivity index (χ1n) is 4.44. The number of benzene rings is 1. The van der Waals surface area contributed by atoms with E-state index in [4.69, 9.17) is 5.73 Å². The van der Waals surface area contributed by atoms with Gasteiger partial charge in [0.15, 0.2) is 5.78 Å². The number of hydrogen-bond acceptors (Lipinski definition) is 3. The second kappa shape index (κ2) is 3.52. The number of carbonyl (C=O) groups excluding carboxylic acids is 1. The Labute approximate surface area is 86.3 Å². The molecular formula is C11H11NOS. The first-order chi connectivity index (χ1) is 6.74. The van der Waals surface area contributed by atoms with Crippen molar-refractivity contribution in [2.75, 3.05) is 6.54 Å². The Kier molecular flexibility index (Phi) is 2.35. The molecule has 1 aromatic carbocycles. The van der Waals surface area contributed by atoms with Gasteiger partial charge in [0, 0.05) is 10.3 Å². The van der Waals surface area contributed by atoms with Crippen LogP contribution in [0.15, 0.2) is 23.6 Å². The van der Waals surface area contributed by atoms with Crippen LogP contribution in [-0.4, -0.2) is 12.3 Å². The van der Waals surface area contributed by atoms with Gasteiger partial charge < -0.3 is 5.73 Å². The van der Waals surface area contributed by atoms with Crippen molar-refractivity contribution >= 4 is 27.2 Å². The van der Waals surface area contributed by atoms with E-state index in [0.29, 0.717) is 0 Å². The minimum atomic E-state index is 0.00981. The largest absolute Gasteiger partial charge is 0.324 e. The number of rotatable bonds is 2. The number of thiophene rings is 1. The predicted octanol–water partition coefficient (Wildman–Crippen LogP) is 2.35. The van der Waals surface area contributed by atoms with Gasteiger partial charge in [-0.3, -0.25) is 4.79 Å². The third-order valence-corrected chi connectivity index (χ3v) is 3.27. The molecule has 1 heterocycles. The molecule has 0 atom stereocenters. The summed E-state index contributed by atoms with van der Waals surface area (Å²) in [6, 6.07) is 5.89. The first kappa shape index (κ1) is 9.37. The molecule has 0 aliphatic rings. The summed E-state index contributed by atoms with van der Waals surface area (Å²) in [4.78, 5) is 11.5. The fourth-order valence-electron chi connectivity index (χ4n) is 1.60. The molecule has 2 aromatic rings. The van der Waals surface area contributed by atoms with Crippen LogP contribution < -0.4 is 5.73 Å². The Bertz CT molecular complexity index is 487. The Morgan fingerprint density at radius 2 is 2.21 bits per heavy atom. The highest BCUT2D eigenvalue weighted by Gasteiger charge is 2.09. The van der Waals surface area contributed by atoms with Crippen molar-refractivity contribution in [3.63, 3.8) is 0 Å². The van der Waals surface area contributed by atoms with Crippen LogP contribution in [0.2, 0.25) is 0 Å². The van der Waals surface area contributed by atoms with Crippen LogP contribution in [0.3, 0.4) is 0 Å². The number of Topliss-reactive ketones (excluding diaryl/α,β-unsaturated/α-hetero) is 1. The van der Waals surface area contributed by atoms with Crippen LogP contribution in [0.1, 0.15) is 15.9 Å². The predicted molar refractivity (Wildman–Crippen MR) is 59.9 cm³/mol. The molecule has 0 spiro atoms. The Morgan fingerprint density at radius 3 is 2.93 bits per heavy atom. The summed E-state index contributed by atoms with van der Waals surface area (Å²) >= 11 is 1.69. The monoisotopic (exact) mass is 205 g/mol. The van der Waals surface area contributed by atoms with E-state index in [1.165, 1.54) is 4.70 Å². The van der Waals surface area contributed by atoms with Gasteiger partial charge in [-0.05, 0) is 41.5 Å². The lowest BCUT2D eigenvalue weighted by molar-refractivity contribution is 0.100. The quantitative estimate of drug-likeness (QED) is 0.765. The van der Waals surface area contributed by atoms with E-state index in [9.17, 15) is 4.79 Å². The molecule has 0 radical (unpaired) electrons. The average molecular weight is 205 g/mol. The zero-order valence-electron chi connectivity index (χ0n) is 7.91. The van der Waals surface area contributed by atoms with Gasteiger partial charge in [-0.15, -0.1) is 11.3 Å². The van der Waals surface area contributed by atoms with Crippen LogP contribution in [-0.2, 0) is 0 Å². The van der Waals surface area contributed by atoms with Crippen LogP contribution in [0.4, 0.5) is 0 Å². The van der Waals surface area contributed by atoms with Crippen molar-refractivity contribution in [2.45, 2.75) is 6.92 Å². The van der Waals surface area contributed by atoms with Crippen molar-refractivity contribution in [2.24, 2.45) is 5.73 Å². The fourth-order valence-corrected chi connectivity index (χ4v) is 2.45. The van der Waals surface area contributed by atoms with E-state index in [1.54, 1.807) is 11.3 Å². The normalized spacial score (nSPS) is 10.7. The molecule has 3 heteroatoms. The lowest BCUT2D eigenvalue weighted by Gasteiger charge is -2.03. The maximum absolute atomic E-state index is 11.5. The maximum atomic E-state index is 11.5. The molecule has 0 saturated heterocycles. The number of carbonyl (C=O) groups is 1. The smallest absolute Gasteiger partial charge is 0.176 e. The average Bonchev–Trinajstić information content (AvgIpc) is 2.66. The summed E-state index contributed by atoms with van der Waals surface area (Å²) in [6.45, 7) is 2.05. The summed E-state index contributed by atoms with van der Waals surface area (Å²) in [5.41, 5.74) is 7.13. The molecule has 0 aliphatic heterocycles. The molecule has 2 N–H and O–H groups in total. The summed E-state index contributed by atoms with van der Waals surface area (Å²) in [6.07, 6.45) is 0. The van der Waals surface area contributed by atoms with Crippen LogP contribution in [0, 0.1) is 6.92 Å². The number of nitrogens with two attached hydrogens (primary N) is 1. The lowest BCUT2D eigenvalue weighted by atomic mass is 10.0. The molecule has 14 heavy (non-hydrogen) atoms. The van der Waals surface area contributed by atoms with Gasteiger partial charge in [-0.2, -0.15) is 0 Å². The Hall–Kier alpha value is -1.19. The van der Waals surface area contributed by atoms with Crippen molar-refractivity contribution in [3.8, 4) is 0 Å². The summed E-state index contributed by atoms with van der Waals surface area (Å²) in [5.74, 6) is 0.00981. The van der Waals surface area contributed by atoms with Gasteiger partial charge in [0.1, 0.15) is 0 Å². The molecule has 0 fully saturated rings. The number of ketones is 1. The zero-order valence-corrected chi connectivity index (χ0v) is 8.73. The first-order valence-corrected chi connectivity index (χ1v) is 5.32. The molecule has 0 unspecified atom stereocenters. The van der Waals surface area contributed by atoms with E-state index < -0.39 is 0 Å². The summed E-state index contributed by atoms with van der Waals surface area (Å²) < 4.78 is 1.22. The van der Waals surface area contributed by atoms with E-state index in [-0.39, 0.29) is 12.3 Å². The van der Waals surface area contributed by atoms with Gasteiger partial charge in [-0.25, -0.2) is 0 Å². The zero-order chi connectivity index (χ0) is 10.1. The van der Waals surface area contributed by atoms with Crippen molar-refractivity contribution in [1.82, 2.24) is 0 Å². The van der Waals surface area contributed by atoms with E-state index in [1.807, 2.05) is 30.5 Å². The highest BCUT2D eigenvalue weighted by Crippen LogP contribution is 2.26. The van der Waals surface area contributed by atoms with E-state index >= 15 is 0 Å². The Balaban J connectivity index is 2.67. The SMILES string of the molecule is Cc1c(C(=O)CN)ccc2sccc12. The molecule has 0 aliphatic carbocycles. The van der Waals surface area contributed by atoms with E-state index in [2.05, 4.69) is 0 Å². The minimum absolute atomic E-state index is 0.00981. The van der Waals surface area contributed by atoms with Crippen LogP contribution in [0.25, 0.3) is 10.1 Å². The number of aryl methyl sites for hydroxylation is 1. The molecule has 0 saturated carbocycles. The molecular weight excluding hydrogens is 194 g/mol. The van der Waals surface area contributed by atoms with Gasteiger partial charge >= 0.3 is 0 Å². The number of hydrogen-bond donors (Lipinski definition) is 1. The second-order valence-electron chi connectivity index (χ2n) is 3.20. The Morgan fingerprint density at radius 1 is 1.43 bits per heavy atom. The maximum Gasteiger partial charge on any atom is 0.176 e. The van der Waals surface area contributed by atoms with Crippen molar-refractivity contribution in [1.29, 1.82) is 0 Å². The standard InChI is InChI=1S/C11H11NOS/c1-7-8(10(13)6-12)2-3-11-9(7)4-5-14-11/h2-5H,6,12H2,1H3. The van der Waals surface area contributed by atoms with Gasteiger partial charge in [0.25, 0.3) is 0 Å². The van der Waals surface area contributed by atoms with E-state index in [0.717, 1.165) is 16.5 Å². The van der Waals surface area contributed by atoms with Gasteiger partial charge in [0.2, 0.25) is 0 Å². The van der Waals surface area contributed by atoms with Crippen LogP contribution in [0.5, 0.6) is 0 Å². The fraction of sp³-hybridized carbons (Fsp3) is 0.182. The van der Waals surface area contributed by atoms with Crippen molar-refractivity contribution in [3.05, 3.63) is 34.7 Å². The second-order valence-corrected chi connectivity index (χ2v) is 4.15. The van der Waals surface area contributed by atoms with Gasteiger partial charge in [-0.1, -0.05) is 0 Å². The highest BCUT2D eigenvalue weighted by molar-refractivity contribution is 7.17. The van der Waals surface area contributed by atoms with Gasteiger partial charge in [0.05, 0.1) is 6.54 Å². The third-order valence-electron chi connectivity index (χ3n) is 2.39. The topological polar surface area (TPSA) is 43.1 Å². The summed E-state index contributed by atoms with van der Waals surface area (Å²) in [5, 5.41) is 3.20. The summed E-state index contributed by atoms with van der Waals surface area (Å²) in [7, 11) is 0. The van der Waals surface area contributed by atoms with Crippen molar-refractivity contribution < 1.29 is 4.79 Å².